The minimum absolute atomic E-state index is 0.0184. The third-order valence-electron chi connectivity index (χ3n) is 6.46. The Hall–Kier alpha value is -1.21. The fraction of sp³-hybridized carbons (Fsp3) is 0.600. The molecule has 2 aliphatic heterocycles. The number of halogens is 1. The number of nitrogens with zero attached hydrogens (tertiary/aromatic N) is 3. The lowest BCUT2D eigenvalue weighted by atomic mass is 10.1. The third-order valence-corrected chi connectivity index (χ3v) is 11.4. The molecule has 2 aromatic rings. The van der Waals surface area contributed by atoms with Crippen molar-refractivity contribution in [1.82, 2.24) is 19.3 Å². The van der Waals surface area contributed by atoms with E-state index in [9.17, 15) is 19.3 Å². The predicted molar refractivity (Wildman–Crippen MR) is 178 cm³/mol. The molecule has 0 aromatic heterocycles. The van der Waals surface area contributed by atoms with Crippen molar-refractivity contribution in [3.05, 3.63) is 71.8 Å². The lowest BCUT2D eigenvalue weighted by molar-refractivity contribution is 0.126. The van der Waals surface area contributed by atoms with Crippen LogP contribution in [0.5, 0.6) is 0 Å². The molecule has 4 unspecified atom stereocenters. The molecule has 12 nitrogen and oxygen atoms in total. The average molecular weight is 717 g/mol. The van der Waals surface area contributed by atoms with Gasteiger partial charge in [0.1, 0.15) is 0 Å². The van der Waals surface area contributed by atoms with Crippen LogP contribution in [0.4, 0.5) is 0 Å². The zero-order chi connectivity index (χ0) is 47.5. The van der Waals surface area contributed by atoms with Gasteiger partial charge in [-0.05, 0) is 49.1 Å². The summed E-state index contributed by atoms with van der Waals surface area (Å²) in [6, 6.07) is 17.7. The Bertz CT molecular complexity index is 1760. The van der Waals surface area contributed by atoms with Crippen molar-refractivity contribution in [1.29, 1.82) is 0 Å². The van der Waals surface area contributed by atoms with Crippen LogP contribution in [-0.2, 0) is 18.2 Å². The SMILES string of the molecule is CC(c1ccccc1)N1CCCOP1(=O)Cl.[2H]C([2H])(O)C([3H])([3H])N(C([3H])([3H])C([2H])([2H])O)P1(=O)OCCCN1C(C)c1ccccc1.[2H]C([2H])(O)C([3H])([3H])NC([3H])([3H])C([2H])([2H])O. The van der Waals surface area contributed by atoms with Gasteiger partial charge < -0.3 is 34.8 Å². The van der Waals surface area contributed by atoms with Gasteiger partial charge in [0, 0.05) is 62.1 Å². The molecule has 2 fully saturated rings. The van der Waals surface area contributed by atoms with Crippen molar-refractivity contribution in [2.75, 3.05) is 78.5 Å². The van der Waals surface area contributed by atoms with Gasteiger partial charge in [-0.1, -0.05) is 60.7 Å². The van der Waals surface area contributed by atoms with E-state index >= 15 is 0 Å². The molecule has 4 rings (SSSR count). The van der Waals surface area contributed by atoms with E-state index < -0.39 is 72.8 Å². The Labute approximate surface area is 295 Å². The maximum Gasteiger partial charge on any atom is 0.363 e. The van der Waals surface area contributed by atoms with Crippen LogP contribution in [0.15, 0.2) is 60.7 Å². The standard InChI is InChI=1S/C15H25N2O4P.C11H15ClNO2P.C4H11NO2/c1-14(15-6-3-2-4-7-15)17-8-5-13-21-22(17,20)16(9-11-18)10-12-19;1-10(11-6-3-2-4-7-11)13-8-5-9-15-16(13,12)14;6-3-1-5-2-4-7/h2-4,6-7,14,18-19H,5,8-13H2,1H3;2-4,6-7,10H,5,8-9H2,1H3;5-7H,1-4H2/i9T2,10T2,11D2,12D2;;1T2,2T2,3D2,4D2. The molecule has 256 valence electrons. The van der Waals surface area contributed by atoms with Crippen molar-refractivity contribution in [3.8, 4) is 0 Å². The summed E-state index contributed by atoms with van der Waals surface area (Å²) in [5.41, 5.74) is 1.72. The van der Waals surface area contributed by atoms with Crippen LogP contribution in [0.1, 0.15) is 71.8 Å². The number of nitrogens with one attached hydrogen (secondary N) is 1. The van der Waals surface area contributed by atoms with Crippen LogP contribution in [0, 0.1) is 0 Å². The Kier molecular flexibility index (Phi) is 10.4. The van der Waals surface area contributed by atoms with Gasteiger partial charge in [-0.15, -0.1) is 0 Å². The smallest absolute Gasteiger partial charge is 0.363 e. The molecule has 0 bridgehead atoms. The molecule has 0 radical (unpaired) electrons. The maximum atomic E-state index is 14.1. The second kappa shape index (κ2) is 21.6. The van der Waals surface area contributed by atoms with Gasteiger partial charge >= 0.3 is 14.5 Å². The number of rotatable bonds is 13. The molecule has 0 aliphatic carbocycles. The highest BCUT2D eigenvalue weighted by molar-refractivity contribution is 7.83. The van der Waals surface area contributed by atoms with Crippen LogP contribution >= 0.6 is 25.8 Å². The van der Waals surface area contributed by atoms with E-state index in [1.165, 1.54) is 5.32 Å². The highest BCUT2D eigenvalue weighted by atomic mass is 35.7. The summed E-state index contributed by atoms with van der Waals surface area (Å²) in [5.74, 6) is 0. The van der Waals surface area contributed by atoms with Gasteiger partial charge in [-0.25, -0.2) is 14.0 Å². The van der Waals surface area contributed by atoms with Gasteiger partial charge in [0.25, 0.3) is 0 Å². The highest BCUT2D eigenvalue weighted by Gasteiger charge is 2.43. The van der Waals surface area contributed by atoms with Crippen LogP contribution in [0.25, 0.3) is 0 Å². The van der Waals surface area contributed by atoms with Gasteiger partial charge in [0.2, 0.25) is 0 Å². The summed E-state index contributed by atoms with van der Waals surface area (Å²) < 4.78 is 155. The van der Waals surface area contributed by atoms with Crippen molar-refractivity contribution >= 4 is 25.8 Å². The lowest BCUT2D eigenvalue weighted by Crippen LogP contribution is -2.40. The van der Waals surface area contributed by atoms with Gasteiger partial charge in [0.15, 0.2) is 0 Å². The first kappa shape index (κ1) is 21.7. The van der Waals surface area contributed by atoms with Crippen molar-refractivity contribution in [3.63, 3.8) is 0 Å². The minimum atomic E-state index is -4.87. The third kappa shape index (κ3) is 12.7. The maximum absolute atomic E-state index is 14.1. The van der Waals surface area contributed by atoms with Crippen LogP contribution < -0.4 is 5.32 Å². The Morgan fingerprint density at radius 2 is 1.29 bits per heavy atom. The second-order valence-corrected chi connectivity index (χ2v) is 14.3. The summed E-state index contributed by atoms with van der Waals surface area (Å²) >= 11 is 5.94. The summed E-state index contributed by atoms with van der Waals surface area (Å²) in [5, 5.41) is 38.2. The normalized spacial score (nSPS) is 31.6. The molecular weight excluding hydrogens is 642 g/mol. The molecule has 45 heavy (non-hydrogen) atoms. The first-order valence-corrected chi connectivity index (χ1v) is 17.6. The molecule has 4 atom stereocenters. The number of hydrogen-bond donors (Lipinski definition) is 5. The van der Waals surface area contributed by atoms with E-state index in [1.54, 1.807) is 41.9 Å². The van der Waals surface area contributed by atoms with Crippen molar-refractivity contribution in [2.45, 2.75) is 38.8 Å². The van der Waals surface area contributed by atoms with E-state index in [4.69, 9.17) is 52.4 Å². The van der Waals surface area contributed by atoms with E-state index in [-0.39, 0.29) is 23.9 Å². The highest BCUT2D eigenvalue weighted by Crippen LogP contribution is 2.61. The summed E-state index contributed by atoms with van der Waals surface area (Å²) in [6.45, 7) is -26.9. The molecule has 2 aliphatic rings. The number of benzene rings is 2. The molecule has 2 saturated heterocycles. The van der Waals surface area contributed by atoms with Crippen LogP contribution in [0.3, 0.4) is 0 Å². The van der Waals surface area contributed by atoms with E-state index in [2.05, 4.69) is 0 Å². The van der Waals surface area contributed by atoms with Gasteiger partial charge in [-0.3, -0.25) is 9.13 Å². The molecule has 0 saturated carbocycles. The Morgan fingerprint density at radius 1 is 0.844 bits per heavy atom. The number of aliphatic hydroxyl groups is 4. The fourth-order valence-electron chi connectivity index (χ4n) is 4.34. The average Bonchev–Trinajstić information content (AvgIpc) is 3.10. The van der Waals surface area contributed by atoms with Crippen molar-refractivity contribution < 1.29 is 60.5 Å². The topological polar surface area (TPSA) is 155 Å². The largest absolute Gasteiger partial charge is 0.395 e. The summed E-state index contributed by atoms with van der Waals surface area (Å²) in [4.78, 5) is 0. The van der Waals surface area contributed by atoms with Crippen molar-refractivity contribution in [2.24, 2.45) is 0 Å². The molecule has 0 amide bonds. The van der Waals surface area contributed by atoms with E-state index in [0.717, 1.165) is 23.2 Å². The summed E-state index contributed by atoms with van der Waals surface area (Å²) in [6.07, 6.45) is 1.20. The monoisotopic (exact) mass is 716 g/mol. The van der Waals surface area contributed by atoms with Gasteiger partial charge in [0.05, 0.1) is 50.4 Å². The Balaban J connectivity index is 0.000000348. The molecule has 15 heteroatoms. The molecule has 2 aromatic carbocycles. The minimum Gasteiger partial charge on any atom is -0.395 e. The van der Waals surface area contributed by atoms with Crippen LogP contribution in [-0.4, -0.2) is 113 Å². The molecular formula is C30H51ClN4O8P2. The fourth-order valence-corrected chi connectivity index (χ4v) is 8.76. The lowest BCUT2D eigenvalue weighted by Gasteiger charge is -2.43. The second-order valence-electron chi connectivity index (χ2n) is 9.17. The molecule has 2 heterocycles. The first-order chi connectivity index (χ1) is 27.3. The quantitative estimate of drug-likeness (QED) is 0.188. The Morgan fingerprint density at radius 3 is 1.73 bits per heavy atom. The zero-order valence-electron chi connectivity index (χ0n) is 40.7. The number of hydrogen-bond acceptors (Lipinski definition) is 9. The van der Waals surface area contributed by atoms with Gasteiger partial charge in [-0.2, -0.15) is 0 Å². The molecule has 0 spiro atoms. The van der Waals surface area contributed by atoms with Crippen LogP contribution in [0.2, 0.25) is 0 Å². The summed E-state index contributed by atoms with van der Waals surface area (Å²) in [7, 11) is -4.87. The van der Waals surface area contributed by atoms with E-state index in [1.807, 2.05) is 37.3 Å². The molecule has 5 N–H and O–H groups in total. The zero-order valence-corrected chi connectivity index (χ0v) is 27.3. The van der Waals surface area contributed by atoms with E-state index in [0.29, 0.717) is 18.6 Å². The first-order valence-electron chi connectivity index (χ1n) is 21.6. The predicted octanol–water partition coefficient (Wildman–Crippen LogP) is 4.24.